The zero-order valence-corrected chi connectivity index (χ0v) is 14.8. The number of halogens is 2. The van der Waals surface area contributed by atoms with Crippen LogP contribution in [-0.4, -0.2) is 15.0 Å². The van der Waals surface area contributed by atoms with Crippen molar-refractivity contribution in [1.29, 1.82) is 0 Å². The summed E-state index contributed by atoms with van der Waals surface area (Å²) in [6, 6.07) is 11.2. The lowest BCUT2D eigenvalue weighted by atomic mass is 10.3. The Kier molecular flexibility index (Phi) is 5.24. The van der Waals surface area contributed by atoms with Gasteiger partial charge in [-0.3, -0.25) is 4.98 Å². The van der Waals surface area contributed by atoms with Crippen LogP contribution in [0.3, 0.4) is 0 Å². The fraction of sp³-hybridized carbons (Fsp3) is 0.0625. The van der Waals surface area contributed by atoms with Crippen LogP contribution >= 0.6 is 34.2 Å². The summed E-state index contributed by atoms with van der Waals surface area (Å²) in [6.07, 6.45) is 4.97. The second kappa shape index (κ2) is 7.56. The molecule has 0 bridgehead atoms. The average molecular weight is 439 g/mol. The van der Waals surface area contributed by atoms with E-state index < -0.39 is 0 Å². The van der Waals surface area contributed by atoms with Gasteiger partial charge in [0.15, 0.2) is 0 Å². The van der Waals surface area contributed by atoms with Crippen LogP contribution in [0.4, 0.5) is 11.5 Å². The molecule has 7 heteroatoms. The van der Waals surface area contributed by atoms with E-state index in [1.165, 1.54) is 6.33 Å². The van der Waals surface area contributed by atoms with Crippen LogP contribution in [-0.2, 0) is 6.61 Å². The molecule has 0 fully saturated rings. The molecule has 2 aromatic heterocycles. The third kappa shape index (κ3) is 4.29. The first-order valence-corrected chi connectivity index (χ1v) is 8.23. The molecule has 5 nitrogen and oxygen atoms in total. The summed E-state index contributed by atoms with van der Waals surface area (Å²) in [5.41, 5.74) is 1.68. The Morgan fingerprint density at radius 2 is 2.09 bits per heavy atom. The highest BCUT2D eigenvalue weighted by molar-refractivity contribution is 14.1. The zero-order valence-electron chi connectivity index (χ0n) is 11.9. The number of ether oxygens (including phenoxy) is 1. The van der Waals surface area contributed by atoms with Crippen molar-refractivity contribution in [2.45, 2.75) is 6.61 Å². The van der Waals surface area contributed by atoms with Gasteiger partial charge >= 0.3 is 0 Å². The highest BCUT2D eigenvalue weighted by Crippen LogP contribution is 2.30. The predicted molar refractivity (Wildman–Crippen MR) is 98.1 cm³/mol. The van der Waals surface area contributed by atoms with Gasteiger partial charge in [-0.1, -0.05) is 17.7 Å². The number of hydrogen-bond acceptors (Lipinski definition) is 5. The normalized spacial score (nSPS) is 10.3. The maximum absolute atomic E-state index is 6.28. The second-order valence-electron chi connectivity index (χ2n) is 4.60. The predicted octanol–water partition coefficient (Wildman–Crippen LogP) is 4.45. The molecule has 0 unspecified atom stereocenters. The Balaban J connectivity index is 1.69. The van der Waals surface area contributed by atoms with Crippen molar-refractivity contribution in [2.24, 2.45) is 0 Å². The lowest BCUT2D eigenvalue weighted by molar-refractivity contribution is 0.301. The standard InChI is InChI=1S/C16H12ClIN4O/c17-13-7-11(22-16-14(18)8-19-10-21-16)4-5-15(13)23-9-12-3-1-2-6-20-12/h1-8,10H,9H2,(H,19,21,22). The summed E-state index contributed by atoms with van der Waals surface area (Å²) >= 11 is 8.45. The fourth-order valence-electron chi connectivity index (χ4n) is 1.87. The first kappa shape index (κ1) is 15.9. The quantitative estimate of drug-likeness (QED) is 0.596. The van der Waals surface area contributed by atoms with Crippen molar-refractivity contribution < 1.29 is 4.74 Å². The molecule has 0 aliphatic heterocycles. The maximum atomic E-state index is 6.28. The van der Waals surface area contributed by atoms with Gasteiger partial charge in [-0.05, 0) is 52.9 Å². The molecule has 1 aromatic carbocycles. The molecule has 3 rings (SSSR count). The Morgan fingerprint density at radius 1 is 1.17 bits per heavy atom. The third-order valence-corrected chi connectivity index (χ3v) is 4.05. The lowest BCUT2D eigenvalue weighted by Gasteiger charge is -2.11. The molecule has 0 aliphatic carbocycles. The topological polar surface area (TPSA) is 59.9 Å². The van der Waals surface area contributed by atoms with Gasteiger partial charge in [0.2, 0.25) is 0 Å². The number of benzene rings is 1. The van der Waals surface area contributed by atoms with E-state index in [0.29, 0.717) is 17.4 Å². The van der Waals surface area contributed by atoms with Gasteiger partial charge in [-0.2, -0.15) is 0 Å². The van der Waals surface area contributed by atoms with Gasteiger partial charge in [0.25, 0.3) is 0 Å². The van der Waals surface area contributed by atoms with E-state index in [4.69, 9.17) is 16.3 Å². The molecule has 1 N–H and O–H groups in total. The first-order chi connectivity index (χ1) is 11.2. The van der Waals surface area contributed by atoms with E-state index in [0.717, 1.165) is 20.8 Å². The second-order valence-corrected chi connectivity index (χ2v) is 6.17. The van der Waals surface area contributed by atoms with E-state index >= 15 is 0 Å². The van der Waals surface area contributed by atoms with Gasteiger partial charge in [-0.25, -0.2) is 9.97 Å². The third-order valence-electron chi connectivity index (χ3n) is 2.96. The molecule has 0 saturated carbocycles. The van der Waals surface area contributed by atoms with Gasteiger partial charge < -0.3 is 10.1 Å². The van der Waals surface area contributed by atoms with Crippen LogP contribution in [0.2, 0.25) is 5.02 Å². The summed E-state index contributed by atoms with van der Waals surface area (Å²) in [4.78, 5) is 12.4. The minimum Gasteiger partial charge on any atom is -0.486 e. The highest BCUT2D eigenvalue weighted by Gasteiger charge is 2.06. The molecule has 0 spiro atoms. The summed E-state index contributed by atoms with van der Waals surface area (Å²) in [5, 5.41) is 3.73. The number of aromatic nitrogens is 3. The molecule has 0 aliphatic rings. The number of anilines is 2. The van der Waals surface area contributed by atoms with Crippen molar-refractivity contribution in [2.75, 3.05) is 5.32 Å². The van der Waals surface area contributed by atoms with Crippen LogP contribution in [0.1, 0.15) is 5.69 Å². The molecule has 0 saturated heterocycles. The number of pyridine rings is 1. The highest BCUT2D eigenvalue weighted by atomic mass is 127. The molecule has 3 aromatic rings. The SMILES string of the molecule is Clc1cc(Nc2ncncc2I)ccc1OCc1ccccn1. The van der Waals surface area contributed by atoms with Gasteiger partial charge in [-0.15, -0.1) is 0 Å². The fourth-order valence-corrected chi connectivity index (χ4v) is 2.54. The number of nitrogens with one attached hydrogen (secondary N) is 1. The lowest BCUT2D eigenvalue weighted by Crippen LogP contribution is -1.99. The van der Waals surface area contributed by atoms with E-state index in [1.807, 2.05) is 30.3 Å². The van der Waals surface area contributed by atoms with E-state index in [1.54, 1.807) is 18.5 Å². The van der Waals surface area contributed by atoms with Crippen LogP contribution < -0.4 is 10.1 Å². The van der Waals surface area contributed by atoms with Crippen molar-refractivity contribution in [3.63, 3.8) is 0 Å². The van der Waals surface area contributed by atoms with Gasteiger partial charge in [0, 0.05) is 18.1 Å². The molecule has 0 amide bonds. The van der Waals surface area contributed by atoms with Gasteiger partial charge in [0.1, 0.15) is 24.5 Å². The molecule has 0 radical (unpaired) electrons. The first-order valence-electron chi connectivity index (χ1n) is 6.77. The zero-order chi connectivity index (χ0) is 16.1. The Hall–Kier alpha value is -1.93. The largest absolute Gasteiger partial charge is 0.486 e. The smallest absolute Gasteiger partial charge is 0.147 e. The molecule has 23 heavy (non-hydrogen) atoms. The number of hydrogen-bond donors (Lipinski definition) is 1. The Morgan fingerprint density at radius 3 is 2.83 bits per heavy atom. The van der Waals surface area contributed by atoms with Crippen LogP contribution in [0, 0.1) is 3.57 Å². The van der Waals surface area contributed by atoms with Gasteiger partial charge in [0.05, 0.1) is 14.3 Å². The monoisotopic (exact) mass is 438 g/mol. The summed E-state index contributed by atoms with van der Waals surface area (Å²) in [7, 11) is 0. The minimum absolute atomic E-state index is 0.372. The summed E-state index contributed by atoms with van der Waals surface area (Å²) < 4.78 is 6.63. The van der Waals surface area contributed by atoms with Crippen molar-refractivity contribution in [1.82, 2.24) is 15.0 Å². The number of nitrogens with zero attached hydrogens (tertiary/aromatic N) is 3. The summed E-state index contributed by atoms with van der Waals surface area (Å²) in [6.45, 7) is 0.372. The molecule has 116 valence electrons. The van der Waals surface area contributed by atoms with Crippen LogP contribution in [0.5, 0.6) is 5.75 Å². The molecular weight excluding hydrogens is 427 g/mol. The van der Waals surface area contributed by atoms with E-state index in [9.17, 15) is 0 Å². The van der Waals surface area contributed by atoms with E-state index in [-0.39, 0.29) is 0 Å². The van der Waals surface area contributed by atoms with Crippen LogP contribution in [0.25, 0.3) is 0 Å². The minimum atomic E-state index is 0.372. The Bertz CT molecular complexity index is 801. The maximum Gasteiger partial charge on any atom is 0.147 e. The van der Waals surface area contributed by atoms with Crippen molar-refractivity contribution in [3.8, 4) is 5.75 Å². The average Bonchev–Trinajstić information content (AvgIpc) is 2.57. The van der Waals surface area contributed by atoms with Crippen LogP contribution in [0.15, 0.2) is 55.1 Å². The van der Waals surface area contributed by atoms with Crippen molar-refractivity contribution >= 4 is 45.7 Å². The summed E-state index contributed by atoms with van der Waals surface area (Å²) in [5.74, 6) is 1.35. The molecule has 2 heterocycles. The molecule has 0 atom stereocenters. The van der Waals surface area contributed by atoms with Crippen molar-refractivity contribution in [3.05, 3.63) is 69.4 Å². The van der Waals surface area contributed by atoms with E-state index in [2.05, 4.69) is 42.9 Å². The Labute approximate surface area is 152 Å². The molecular formula is C16H12ClIN4O. The number of rotatable bonds is 5.